The molecule has 1 fully saturated rings. The van der Waals surface area contributed by atoms with Crippen LogP contribution >= 0.6 is 0 Å². The van der Waals surface area contributed by atoms with E-state index in [2.05, 4.69) is 30.6 Å². The van der Waals surface area contributed by atoms with Gasteiger partial charge in [-0.2, -0.15) is 0 Å². The number of benzene rings is 2. The largest absolute Gasteiger partial charge is 0.355 e. The van der Waals surface area contributed by atoms with E-state index in [9.17, 15) is 17.6 Å². The Labute approximate surface area is 207 Å². The normalized spacial score (nSPS) is 14.3. The molecule has 36 heavy (non-hydrogen) atoms. The number of halogens is 1. The summed E-state index contributed by atoms with van der Waals surface area (Å²) in [6.07, 6.45) is 6.90. The topological polar surface area (TPSA) is 130 Å². The maximum atomic E-state index is 14.3. The fraction of sp³-hybridized carbons (Fsp3) is 0.280. The Hall–Kier alpha value is -3.86. The second-order valence-electron chi connectivity index (χ2n) is 8.98. The number of nitrogens with one attached hydrogen (secondary N) is 3. The number of sulfone groups is 1. The highest BCUT2D eigenvalue weighted by molar-refractivity contribution is 7.90. The van der Waals surface area contributed by atoms with Crippen LogP contribution in [0.15, 0.2) is 53.7 Å². The van der Waals surface area contributed by atoms with Crippen LogP contribution < -0.4 is 10.6 Å². The molecule has 0 saturated heterocycles. The number of hydrogen-bond donors (Lipinski definition) is 3. The first-order valence-electron chi connectivity index (χ1n) is 11.6. The number of carbonyl (C=O) groups excluding carboxylic acids is 1. The molecule has 186 valence electrons. The van der Waals surface area contributed by atoms with E-state index in [4.69, 9.17) is 0 Å². The molecule has 9 nitrogen and oxygen atoms in total. The minimum Gasteiger partial charge on any atom is -0.355 e. The molecule has 0 spiro atoms. The molecule has 2 heterocycles. The van der Waals surface area contributed by atoms with Gasteiger partial charge in [0.25, 0.3) is 5.91 Å². The van der Waals surface area contributed by atoms with E-state index in [1.54, 1.807) is 18.2 Å². The molecular weight excluding hydrogens is 483 g/mol. The summed E-state index contributed by atoms with van der Waals surface area (Å²) in [4.78, 5) is 29.3. The van der Waals surface area contributed by atoms with Crippen molar-refractivity contribution in [2.24, 2.45) is 0 Å². The van der Waals surface area contributed by atoms with E-state index in [0.29, 0.717) is 34.0 Å². The SMILES string of the molecule is CS(=O)(=O)c1ccc(Nc2cc(F)cc(CNC(=O)c3ncnc4nc(C5CCCC5)[nH]c34)c2)cc1. The van der Waals surface area contributed by atoms with Crippen molar-refractivity contribution >= 4 is 38.3 Å². The smallest absolute Gasteiger partial charge is 0.272 e. The van der Waals surface area contributed by atoms with E-state index < -0.39 is 21.6 Å². The Morgan fingerprint density at radius 3 is 2.56 bits per heavy atom. The van der Waals surface area contributed by atoms with E-state index in [0.717, 1.165) is 37.8 Å². The van der Waals surface area contributed by atoms with Gasteiger partial charge in [0, 0.05) is 30.1 Å². The van der Waals surface area contributed by atoms with Gasteiger partial charge in [0.2, 0.25) is 0 Å². The van der Waals surface area contributed by atoms with Crippen LogP contribution in [0.4, 0.5) is 15.8 Å². The summed E-state index contributed by atoms with van der Waals surface area (Å²) < 4.78 is 37.6. The first kappa shape index (κ1) is 23.9. The number of rotatable bonds is 7. The van der Waals surface area contributed by atoms with Gasteiger partial charge in [0.05, 0.1) is 4.90 Å². The summed E-state index contributed by atoms with van der Waals surface area (Å²) in [7, 11) is -3.30. The van der Waals surface area contributed by atoms with Gasteiger partial charge < -0.3 is 15.6 Å². The van der Waals surface area contributed by atoms with Gasteiger partial charge >= 0.3 is 0 Å². The lowest BCUT2D eigenvalue weighted by atomic mass is 10.1. The van der Waals surface area contributed by atoms with Crippen LogP contribution in [0.5, 0.6) is 0 Å². The van der Waals surface area contributed by atoms with Crippen LogP contribution in [-0.2, 0) is 16.4 Å². The molecule has 4 aromatic rings. The van der Waals surface area contributed by atoms with Crippen molar-refractivity contribution in [2.75, 3.05) is 11.6 Å². The lowest BCUT2D eigenvalue weighted by Crippen LogP contribution is -2.24. The zero-order valence-corrected chi connectivity index (χ0v) is 20.4. The molecule has 1 amide bonds. The number of amides is 1. The minimum absolute atomic E-state index is 0.0768. The summed E-state index contributed by atoms with van der Waals surface area (Å²) in [5, 5.41) is 5.85. The van der Waals surface area contributed by atoms with Gasteiger partial charge in [-0.15, -0.1) is 0 Å². The highest BCUT2D eigenvalue weighted by atomic mass is 32.2. The quantitative estimate of drug-likeness (QED) is 0.341. The molecule has 11 heteroatoms. The number of nitrogens with zero attached hydrogens (tertiary/aromatic N) is 3. The molecule has 0 atom stereocenters. The standard InChI is InChI=1S/C25H25FN6O3S/c1-36(34,35)20-8-6-18(7-9-20)30-19-11-15(10-17(26)12-19)13-27-25(33)22-21-24(29-14-28-22)32-23(31-21)16-4-2-3-5-16/h6-12,14,16,30H,2-5,13H2,1H3,(H,27,33)(H,28,29,31,32). The van der Waals surface area contributed by atoms with Crippen LogP contribution in [-0.4, -0.2) is 40.5 Å². The summed E-state index contributed by atoms with van der Waals surface area (Å²) in [6, 6.07) is 10.5. The third-order valence-corrected chi connectivity index (χ3v) is 7.37. The van der Waals surface area contributed by atoms with Crippen molar-refractivity contribution in [3.05, 3.63) is 71.7 Å². The molecule has 3 N–H and O–H groups in total. The van der Waals surface area contributed by atoms with E-state index >= 15 is 0 Å². The molecular formula is C25H25FN6O3S. The Morgan fingerprint density at radius 1 is 1.08 bits per heavy atom. The van der Waals surface area contributed by atoms with Gasteiger partial charge in [-0.3, -0.25) is 4.79 Å². The van der Waals surface area contributed by atoms with Crippen molar-refractivity contribution < 1.29 is 17.6 Å². The predicted molar refractivity (Wildman–Crippen MR) is 133 cm³/mol. The number of carbonyl (C=O) groups is 1. The maximum absolute atomic E-state index is 14.3. The number of aromatic nitrogens is 4. The molecule has 2 aromatic carbocycles. The maximum Gasteiger partial charge on any atom is 0.272 e. The van der Waals surface area contributed by atoms with Crippen molar-refractivity contribution in [3.63, 3.8) is 0 Å². The number of H-pyrrole nitrogens is 1. The fourth-order valence-electron chi connectivity index (χ4n) is 4.45. The number of imidazole rings is 1. The molecule has 0 bridgehead atoms. The van der Waals surface area contributed by atoms with Crippen LogP contribution in [0.25, 0.3) is 11.2 Å². The van der Waals surface area contributed by atoms with Crippen molar-refractivity contribution in [1.29, 1.82) is 0 Å². The summed E-state index contributed by atoms with van der Waals surface area (Å²) in [5.41, 5.74) is 2.75. The molecule has 5 rings (SSSR count). The highest BCUT2D eigenvalue weighted by Gasteiger charge is 2.23. The molecule has 2 aromatic heterocycles. The van der Waals surface area contributed by atoms with Crippen LogP contribution in [0.2, 0.25) is 0 Å². The van der Waals surface area contributed by atoms with Crippen molar-refractivity contribution in [3.8, 4) is 0 Å². The van der Waals surface area contributed by atoms with E-state index in [1.807, 2.05) is 0 Å². The molecule has 1 aliphatic carbocycles. The van der Waals surface area contributed by atoms with Gasteiger partial charge in [0.15, 0.2) is 21.2 Å². The number of aromatic amines is 1. The lowest BCUT2D eigenvalue weighted by Gasteiger charge is -2.11. The minimum atomic E-state index is -3.30. The zero-order chi connectivity index (χ0) is 25.3. The second kappa shape index (κ2) is 9.65. The van der Waals surface area contributed by atoms with Crippen LogP contribution in [0.1, 0.15) is 53.5 Å². The summed E-state index contributed by atoms with van der Waals surface area (Å²) in [5.74, 6) is 0.286. The zero-order valence-electron chi connectivity index (χ0n) is 19.6. The third-order valence-electron chi connectivity index (χ3n) is 6.25. The predicted octanol–water partition coefficient (Wildman–Crippen LogP) is 4.23. The number of fused-ring (bicyclic) bond motifs is 1. The molecule has 0 radical (unpaired) electrons. The van der Waals surface area contributed by atoms with Crippen LogP contribution in [0, 0.1) is 5.82 Å². The first-order chi connectivity index (χ1) is 17.3. The number of hydrogen-bond acceptors (Lipinski definition) is 7. The van der Waals surface area contributed by atoms with E-state index in [1.165, 1.54) is 30.6 Å². The first-order valence-corrected chi connectivity index (χ1v) is 13.5. The Kier molecular flexibility index (Phi) is 6.40. The van der Waals surface area contributed by atoms with E-state index in [-0.39, 0.29) is 17.1 Å². The number of anilines is 2. The Morgan fingerprint density at radius 2 is 1.83 bits per heavy atom. The van der Waals surface area contributed by atoms with Crippen LogP contribution in [0.3, 0.4) is 0 Å². The molecule has 1 aliphatic rings. The summed E-state index contributed by atoms with van der Waals surface area (Å²) in [6.45, 7) is 0.0768. The third kappa shape index (κ3) is 5.20. The van der Waals surface area contributed by atoms with Gasteiger partial charge in [-0.1, -0.05) is 12.8 Å². The highest BCUT2D eigenvalue weighted by Crippen LogP contribution is 2.33. The second-order valence-corrected chi connectivity index (χ2v) is 11.0. The Balaban J connectivity index is 1.29. The fourth-order valence-corrected chi connectivity index (χ4v) is 5.08. The van der Waals surface area contributed by atoms with Gasteiger partial charge in [-0.25, -0.2) is 27.8 Å². The summed E-state index contributed by atoms with van der Waals surface area (Å²) >= 11 is 0. The van der Waals surface area contributed by atoms with Crippen molar-refractivity contribution in [2.45, 2.75) is 43.0 Å². The monoisotopic (exact) mass is 508 g/mol. The molecule has 1 saturated carbocycles. The Bertz CT molecular complexity index is 1530. The average molecular weight is 509 g/mol. The molecule has 0 aliphatic heterocycles. The lowest BCUT2D eigenvalue weighted by molar-refractivity contribution is 0.0947. The van der Waals surface area contributed by atoms with Gasteiger partial charge in [-0.05, 0) is 60.9 Å². The molecule has 0 unspecified atom stereocenters. The van der Waals surface area contributed by atoms with Crippen molar-refractivity contribution in [1.82, 2.24) is 25.3 Å². The average Bonchev–Trinajstić information content (AvgIpc) is 3.52. The van der Waals surface area contributed by atoms with Gasteiger partial charge in [0.1, 0.15) is 23.5 Å².